The molecule has 3 fully saturated rings. The first kappa shape index (κ1) is 16.9. The molecule has 1 aromatic carbocycles. The Balaban J connectivity index is 1.28. The van der Waals surface area contributed by atoms with Gasteiger partial charge in [0.05, 0.1) is 7.11 Å². The van der Waals surface area contributed by atoms with Crippen molar-refractivity contribution in [1.29, 1.82) is 0 Å². The van der Waals surface area contributed by atoms with E-state index in [9.17, 15) is 4.79 Å². The molecule has 25 heavy (non-hydrogen) atoms. The number of likely N-dealkylation sites (tertiary alicyclic amines) is 2. The van der Waals surface area contributed by atoms with Crippen LogP contribution in [-0.2, 0) is 11.3 Å². The maximum Gasteiger partial charge on any atom is 0.222 e. The number of piperidine rings is 1. The molecule has 1 aromatic rings. The third-order valence-electron chi connectivity index (χ3n) is 6.41. The van der Waals surface area contributed by atoms with Crippen molar-refractivity contribution in [3.8, 4) is 5.75 Å². The summed E-state index contributed by atoms with van der Waals surface area (Å²) < 4.78 is 5.33. The minimum Gasteiger partial charge on any atom is -0.497 e. The molecule has 4 heteroatoms. The van der Waals surface area contributed by atoms with Crippen LogP contribution in [0, 0.1) is 11.3 Å². The van der Waals surface area contributed by atoms with Crippen molar-refractivity contribution in [2.24, 2.45) is 11.3 Å². The lowest BCUT2D eigenvalue weighted by Crippen LogP contribution is -2.42. The van der Waals surface area contributed by atoms with Gasteiger partial charge in [-0.1, -0.05) is 12.1 Å². The molecule has 0 N–H and O–H groups in total. The summed E-state index contributed by atoms with van der Waals surface area (Å²) in [6.07, 6.45) is 7.00. The number of hydrogen-bond donors (Lipinski definition) is 0. The average Bonchev–Trinajstić information content (AvgIpc) is 3.35. The quantitative estimate of drug-likeness (QED) is 0.823. The van der Waals surface area contributed by atoms with E-state index in [4.69, 9.17) is 4.74 Å². The van der Waals surface area contributed by atoms with E-state index in [1.807, 2.05) is 6.07 Å². The van der Waals surface area contributed by atoms with Crippen molar-refractivity contribution >= 4 is 5.91 Å². The molecule has 2 heterocycles. The second kappa shape index (κ2) is 6.99. The Labute approximate surface area is 151 Å². The lowest BCUT2D eigenvalue weighted by molar-refractivity contribution is -0.131. The lowest BCUT2D eigenvalue weighted by atomic mass is 9.77. The van der Waals surface area contributed by atoms with Gasteiger partial charge in [-0.25, -0.2) is 0 Å². The van der Waals surface area contributed by atoms with Gasteiger partial charge in [-0.2, -0.15) is 0 Å². The van der Waals surface area contributed by atoms with E-state index >= 15 is 0 Å². The van der Waals surface area contributed by atoms with Crippen LogP contribution < -0.4 is 4.74 Å². The molecule has 4 nitrogen and oxygen atoms in total. The van der Waals surface area contributed by atoms with Crippen molar-refractivity contribution in [2.75, 3.05) is 33.3 Å². The molecule has 1 spiro atoms. The summed E-state index contributed by atoms with van der Waals surface area (Å²) in [5, 5.41) is 0. The number of amides is 1. The number of rotatable bonds is 5. The molecular formula is C21H30N2O2. The largest absolute Gasteiger partial charge is 0.497 e. The van der Waals surface area contributed by atoms with Crippen molar-refractivity contribution in [3.63, 3.8) is 0 Å². The van der Waals surface area contributed by atoms with Crippen molar-refractivity contribution < 1.29 is 9.53 Å². The number of hydrogen-bond acceptors (Lipinski definition) is 3. The standard InChI is InChI=1S/C21H30N2O2/c1-25-19-4-2-3-18(13-19)15-22-10-7-21(8-11-22)9-12-23(16-21)20(24)14-17-5-6-17/h2-4,13,17H,5-12,14-16H2,1H3. The molecule has 0 atom stereocenters. The molecule has 2 saturated heterocycles. The molecule has 136 valence electrons. The Morgan fingerprint density at radius 1 is 1.20 bits per heavy atom. The van der Waals surface area contributed by atoms with Crippen LogP contribution in [0.1, 0.15) is 44.1 Å². The van der Waals surface area contributed by atoms with Gasteiger partial charge in [0.25, 0.3) is 0 Å². The summed E-state index contributed by atoms with van der Waals surface area (Å²) in [4.78, 5) is 17.1. The summed E-state index contributed by atoms with van der Waals surface area (Å²) in [7, 11) is 1.72. The van der Waals surface area contributed by atoms with E-state index in [2.05, 4.69) is 28.0 Å². The Morgan fingerprint density at radius 2 is 1.96 bits per heavy atom. The smallest absolute Gasteiger partial charge is 0.222 e. The van der Waals surface area contributed by atoms with Crippen LogP contribution >= 0.6 is 0 Å². The van der Waals surface area contributed by atoms with E-state index in [1.165, 1.54) is 37.7 Å². The summed E-state index contributed by atoms with van der Waals surface area (Å²) in [6.45, 7) is 5.27. The van der Waals surface area contributed by atoms with E-state index in [-0.39, 0.29) is 0 Å². The van der Waals surface area contributed by atoms with E-state index in [0.29, 0.717) is 17.2 Å². The topological polar surface area (TPSA) is 32.8 Å². The lowest BCUT2D eigenvalue weighted by Gasteiger charge is -2.39. The predicted molar refractivity (Wildman–Crippen MR) is 98.5 cm³/mol. The molecule has 3 aliphatic rings. The third kappa shape index (κ3) is 4.00. The monoisotopic (exact) mass is 342 g/mol. The molecule has 1 saturated carbocycles. The first-order valence-corrected chi connectivity index (χ1v) is 9.79. The first-order valence-electron chi connectivity index (χ1n) is 9.79. The van der Waals surface area contributed by atoms with Gasteiger partial charge in [-0.05, 0) is 74.2 Å². The molecule has 0 bridgehead atoms. The van der Waals surface area contributed by atoms with Crippen LogP contribution in [0.4, 0.5) is 0 Å². The van der Waals surface area contributed by atoms with E-state index < -0.39 is 0 Å². The van der Waals surface area contributed by atoms with E-state index in [1.54, 1.807) is 7.11 Å². The fourth-order valence-electron chi connectivity index (χ4n) is 4.47. The number of benzene rings is 1. The molecule has 0 radical (unpaired) electrons. The fraction of sp³-hybridized carbons (Fsp3) is 0.667. The van der Waals surface area contributed by atoms with Crippen molar-refractivity contribution in [1.82, 2.24) is 9.80 Å². The van der Waals surface area contributed by atoms with Gasteiger partial charge in [0.1, 0.15) is 5.75 Å². The molecule has 4 rings (SSSR count). The maximum absolute atomic E-state index is 12.4. The normalized spacial score (nSPS) is 23.2. The molecule has 0 unspecified atom stereocenters. The second-order valence-corrected chi connectivity index (χ2v) is 8.34. The van der Waals surface area contributed by atoms with E-state index in [0.717, 1.165) is 44.9 Å². The van der Waals surface area contributed by atoms with Gasteiger partial charge in [0.15, 0.2) is 0 Å². The van der Waals surface area contributed by atoms with Gasteiger partial charge in [0, 0.05) is 26.1 Å². The molecule has 2 aliphatic heterocycles. The first-order chi connectivity index (χ1) is 12.2. The Morgan fingerprint density at radius 3 is 2.68 bits per heavy atom. The van der Waals surface area contributed by atoms with Crippen LogP contribution in [0.3, 0.4) is 0 Å². The van der Waals surface area contributed by atoms with Crippen molar-refractivity contribution in [3.05, 3.63) is 29.8 Å². The average molecular weight is 342 g/mol. The number of carbonyl (C=O) groups is 1. The summed E-state index contributed by atoms with van der Waals surface area (Å²) in [5.74, 6) is 2.05. The van der Waals surface area contributed by atoms with Crippen molar-refractivity contribution in [2.45, 2.75) is 45.1 Å². The molecule has 0 aromatic heterocycles. The summed E-state index contributed by atoms with van der Waals surface area (Å²) in [5.41, 5.74) is 1.72. The molecule has 1 amide bonds. The van der Waals surface area contributed by atoms with Gasteiger partial charge < -0.3 is 9.64 Å². The Bertz CT molecular complexity index is 618. The zero-order valence-electron chi connectivity index (χ0n) is 15.4. The minimum atomic E-state index is 0.393. The number of nitrogens with zero attached hydrogens (tertiary/aromatic N) is 2. The van der Waals surface area contributed by atoms with Crippen LogP contribution in [0.5, 0.6) is 5.75 Å². The Kier molecular flexibility index (Phi) is 4.72. The number of ether oxygens (including phenoxy) is 1. The Hall–Kier alpha value is -1.55. The predicted octanol–water partition coefficient (Wildman–Crippen LogP) is 3.31. The maximum atomic E-state index is 12.4. The van der Waals surface area contributed by atoms with Gasteiger partial charge >= 0.3 is 0 Å². The highest BCUT2D eigenvalue weighted by Gasteiger charge is 2.42. The van der Waals surface area contributed by atoms with Crippen LogP contribution in [0.2, 0.25) is 0 Å². The zero-order chi connectivity index (χ0) is 17.3. The third-order valence-corrected chi connectivity index (χ3v) is 6.41. The fourth-order valence-corrected chi connectivity index (χ4v) is 4.47. The highest BCUT2D eigenvalue weighted by molar-refractivity contribution is 5.77. The molecule has 1 aliphatic carbocycles. The summed E-state index contributed by atoms with van der Waals surface area (Å²) >= 11 is 0. The highest BCUT2D eigenvalue weighted by atomic mass is 16.5. The molecular weight excluding hydrogens is 312 g/mol. The SMILES string of the molecule is COc1cccc(CN2CCC3(CC2)CCN(C(=O)CC2CC2)C3)c1. The second-order valence-electron chi connectivity index (χ2n) is 8.34. The van der Waals surface area contributed by atoms with Crippen LogP contribution in [0.15, 0.2) is 24.3 Å². The minimum absolute atomic E-state index is 0.393. The number of carbonyl (C=O) groups excluding carboxylic acids is 1. The van der Waals surface area contributed by atoms with Gasteiger partial charge in [0.2, 0.25) is 5.91 Å². The van der Waals surface area contributed by atoms with Crippen LogP contribution in [0.25, 0.3) is 0 Å². The summed E-state index contributed by atoms with van der Waals surface area (Å²) in [6, 6.07) is 8.39. The number of methoxy groups -OCH3 is 1. The van der Waals surface area contributed by atoms with Gasteiger partial charge in [-0.3, -0.25) is 9.69 Å². The van der Waals surface area contributed by atoms with Gasteiger partial charge in [-0.15, -0.1) is 0 Å². The van der Waals surface area contributed by atoms with Crippen LogP contribution in [-0.4, -0.2) is 49.0 Å². The highest BCUT2D eigenvalue weighted by Crippen LogP contribution is 2.42. The zero-order valence-corrected chi connectivity index (χ0v) is 15.4.